The zero-order chi connectivity index (χ0) is 27.8. The van der Waals surface area contributed by atoms with Gasteiger partial charge in [0.2, 0.25) is 0 Å². The van der Waals surface area contributed by atoms with Gasteiger partial charge in [-0.25, -0.2) is 24.2 Å². The third-order valence-electron chi connectivity index (χ3n) is 5.85. The molecule has 0 saturated heterocycles. The number of carboxylic acids is 2. The fourth-order valence-corrected chi connectivity index (χ4v) is 5.24. The van der Waals surface area contributed by atoms with Gasteiger partial charge in [-0.3, -0.25) is 9.59 Å². The summed E-state index contributed by atoms with van der Waals surface area (Å²) in [4.78, 5) is 73.1. The van der Waals surface area contributed by atoms with E-state index < -0.39 is 54.1 Å². The molecule has 202 valence electrons. The number of Topliss-reactive ketones (excluding diaryl/α,β-unsaturated/α-hetero) is 1. The van der Waals surface area contributed by atoms with Gasteiger partial charge in [-0.15, -0.1) is 11.3 Å². The molecule has 0 radical (unpaired) electrons. The second-order valence-corrected chi connectivity index (χ2v) is 10.9. The molecule has 4 rings (SSSR count). The van der Waals surface area contributed by atoms with Crippen LogP contribution in [0.3, 0.4) is 0 Å². The molecule has 1 aromatic carbocycles. The maximum atomic E-state index is 12.9. The molecular formula is C25H26N2O10S. The van der Waals surface area contributed by atoms with Crippen molar-refractivity contribution in [2.45, 2.75) is 44.9 Å². The molecule has 3 N–H and O–H groups in total. The van der Waals surface area contributed by atoms with Gasteiger partial charge in [0.15, 0.2) is 12.4 Å². The highest BCUT2D eigenvalue weighted by Gasteiger charge is 2.63. The van der Waals surface area contributed by atoms with Gasteiger partial charge in [0.05, 0.1) is 18.0 Å². The van der Waals surface area contributed by atoms with Crippen LogP contribution < -0.4 is 5.32 Å². The summed E-state index contributed by atoms with van der Waals surface area (Å²) in [7, 11) is 0. The second kappa shape index (κ2) is 10.2. The Morgan fingerprint density at radius 2 is 1.89 bits per heavy atom. The highest BCUT2D eigenvalue weighted by molar-refractivity contribution is 7.14. The van der Waals surface area contributed by atoms with Crippen molar-refractivity contribution in [3.63, 3.8) is 0 Å². The number of ether oxygens (including phenoxy) is 1. The third kappa shape index (κ3) is 5.39. The number of ketones is 1. The number of carbonyl (C=O) groups excluding carboxylic acids is 3. The van der Waals surface area contributed by atoms with E-state index >= 15 is 0 Å². The summed E-state index contributed by atoms with van der Waals surface area (Å²) >= 11 is 1.28. The van der Waals surface area contributed by atoms with Crippen molar-refractivity contribution in [1.29, 1.82) is 0 Å². The van der Waals surface area contributed by atoms with E-state index in [1.165, 1.54) is 29.5 Å². The third-order valence-corrected chi connectivity index (χ3v) is 7.09. The zero-order valence-electron chi connectivity index (χ0n) is 20.9. The summed E-state index contributed by atoms with van der Waals surface area (Å²) in [6.07, 6.45) is 0.146. The summed E-state index contributed by atoms with van der Waals surface area (Å²) in [5.74, 6) is -3.87. The number of benzene rings is 1. The molecule has 0 bridgehead atoms. The minimum Gasteiger partial charge on any atom is -0.479 e. The van der Waals surface area contributed by atoms with Crippen molar-refractivity contribution in [2.24, 2.45) is 0 Å². The van der Waals surface area contributed by atoms with Gasteiger partial charge in [-0.1, -0.05) is 18.2 Å². The van der Waals surface area contributed by atoms with Gasteiger partial charge in [0, 0.05) is 28.1 Å². The number of thiophene rings is 1. The van der Waals surface area contributed by atoms with E-state index in [0.717, 1.165) is 10.4 Å². The lowest BCUT2D eigenvalue weighted by molar-refractivity contribution is -0.333. The van der Waals surface area contributed by atoms with Crippen LogP contribution >= 0.6 is 11.3 Å². The van der Waals surface area contributed by atoms with Crippen molar-refractivity contribution in [3.05, 3.63) is 56.3 Å². The number of fused-ring (bicyclic) bond motifs is 2. The summed E-state index contributed by atoms with van der Waals surface area (Å²) in [5.41, 5.74) is -1.64. The Morgan fingerprint density at radius 1 is 1.16 bits per heavy atom. The number of nitrogens with zero attached hydrogens (tertiary/aromatic N) is 1. The Balaban J connectivity index is 1.39. The molecule has 1 aliphatic heterocycles. The first-order chi connectivity index (χ1) is 17.8. The molecule has 0 fully saturated rings. The number of hydrogen-bond donors (Lipinski definition) is 3. The van der Waals surface area contributed by atoms with Crippen LogP contribution in [-0.2, 0) is 42.7 Å². The van der Waals surface area contributed by atoms with Crippen LogP contribution in [0.5, 0.6) is 0 Å². The molecule has 2 amide bonds. The average Bonchev–Trinajstić information content (AvgIpc) is 3.30. The predicted octanol–water partition coefficient (Wildman–Crippen LogP) is 2.33. The lowest BCUT2D eigenvalue weighted by Gasteiger charge is -2.29. The molecule has 1 aliphatic carbocycles. The molecule has 0 spiro atoms. The number of nitrogens with one attached hydrogen (secondary N) is 1. The minimum atomic E-state index is -2.08. The Hall–Kier alpha value is -3.81. The first kappa shape index (κ1) is 27.2. The average molecular weight is 547 g/mol. The fraction of sp³-hybridized carbons (Fsp3) is 0.400. The Kier molecular flexibility index (Phi) is 7.28. The number of amides is 2. The van der Waals surface area contributed by atoms with Crippen LogP contribution in [0, 0.1) is 0 Å². The van der Waals surface area contributed by atoms with Gasteiger partial charge in [0.25, 0.3) is 11.5 Å². The van der Waals surface area contributed by atoms with Gasteiger partial charge in [0.1, 0.15) is 5.60 Å². The Morgan fingerprint density at radius 3 is 2.55 bits per heavy atom. The molecule has 2 aromatic rings. The lowest BCUT2D eigenvalue weighted by Crippen LogP contribution is -2.39. The van der Waals surface area contributed by atoms with Crippen LogP contribution in [0.2, 0.25) is 0 Å². The summed E-state index contributed by atoms with van der Waals surface area (Å²) in [5, 5.41) is 21.0. The predicted molar refractivity (Wildman–Crippen MR) is 131 cm³/mol. The van der Waals surface area contributed by atoms with Crippen molar-refractivity contribution in [3.8, 4) is 0 Å². The maximum absolute atomic E-state index is 12.9. The summed E-state index contributed by atoms with van der Waals surface area (Å²) in [6, 6.07) is 5.97. The largest absolute Gasteiger partial charge is 0.479 e. The zero-order valence-corrected chi connectivity index (χ0v) is 21.7. The number of rotatable bonds is 9. The van der Waals surface area contributed by atoms with Crippen LogP contribution in [-0.4, -0.2) is 70.1 Å². The topological polar surface area (TPSA) is 169 Å². The van der Waals surface area contributed by atoms with Gasteiger partial charge < -0.3 is 25.2 Å². The molecule has 38 heavy (non-hydrogen) atoms. The van der Waals surface area contributed by atoms with Gasteiger partial charge in [-0.2, -0.15) is 0 Å². The van der Waals surface area contributed by atoms with Crippen LogP contribution in [0.25, 0.3) is 0 Å². The molecule has 12 nitrogen and oxygen atoms in total. The number of carboxylic acid groups (broad SMARTS) is 2. The fourth-order valence-electron chi connectivity index (χ4n) is 4.16. The minimum absolute atomic E-state index is 0.0163. The van der Waals surface area contributed by atoms with E-state index in [4.69, 9.17) is 14.7 Å². The quantitative estimate of drug-likeness (QED) is 0.241. The summed E-state index contributed by atoms with van der Waals surface area (Å²) in [6.45, 7) is 4.84. The van der Waals surface area contributed by atoms with Crippen molar-refractivity contribution >= 4 is 41.1 Å². The van der Waals surface area contributed by atoms with E-state index in [2.05, 4.69) is 10.2 Å². The number of hydrogen-bond acceptors (Lipinski definition) is 9. The smallest absolute Gasteiger partial charge is 0.410 e. The lowest BCUT2D eigenvalue weighted by atomic mass is 10.1. The van der Waals surface area contributed by atoms with Crippen LogP contribution in [0.15, 0.2) is 24.3 Å². The van der Waals surface area contributed by atoms with Gasteiger partial charge >= 0.3 is 18.0 Å². The highest BCUT2D eigenvalue weighted by Crippen LogP contribution is 2.53. The first-order valence-corrected chi connectivity index (χ1v) is 12.5. The standard InChI is InChI=1S/C25H26N2O10S/c1-24(2,3)36-23(34)27-8-7-17-13(11-27)9-18(38-17)21(31)26-10-16(28)14-5-4-6-15-20(14)25(15,22(32)33)37-35-12-19(29)30/h4-6,9H,7-8,10-12H2,1-3H3,(H,26,31)(H,29,30)(H,32,33). The van der Waals surface area contributed by atoms with Gasteiger partial charge in [-0.05, 0) is 38.8 Å². The molecule has 13 heteroatoms. The molecular weight excluding hydrogens is 520 g/mol. The van der Waals surface area contributed by atoms with Crippen molar-refractivity contribution in [2.75, 3.05) is 19.7 Å². The molecule has 1 aromatic heterocycles. The maximum Gasteiger partial charge on any atom is 0.410 e. The van der Waals surface area contributed by atoms with E-state index in [1.54, 1.807) is 31.7 Å². The number of aliphatic carboxylic acids is 2. The van der Waals surface area contributed by atoms with Crippen molar-refractivity contribution < 1.29 is 48.7 Å². The SMILES string of the molecule is CC(C)(C)OC(=O)N1CCc2sc(C(=O)NCC(=O)c3cccc4c3C4(OOCC(=O)O)C(=O)O)cc2C1. The molecule has 0 saturated carbocycles. The van der Waals surface area contributed by atoms with Crippen molar-refractivity contribution in [1.82, 2.24) is 10.2 Å². The monoisotopic (exact) mass is 546 g/mol. The first-order valence-electron chi connectivity index (χ1n) is 11.6. The summed E-state index contributed by atoms with van der Waals surface area (Å²) < 4.78 is 5.42. The van der Waals surface area contributed by atoms with E-state index in [-0.39, 0.29) is 16.7 Å². The normalized spacial score (nSPS) is 17.7. The number of carbonyl (C=O) groups is 5. The van der Waals surface area contributed by atoms with E-state index in [9.17, 15) is 29.1 Å². The molecule has 1 unspecified atom stereocenters. The molecule has 2 heterocycles. The highest BCUT2D eigenvalue weighted by atomic mass is 32.1. The van der Waals surface area contributed by atoms with E-state index in [1.807, 2.05) is 0 Å². The molecule has 2 aliphatic rings. The molecule has 1 atom stereocenters. The van der Waals surface area contributed by atoms with E-state index in [0.29, 0.717) is 24.4 Å². The second-order valence-electron chi connectivity index (χ2n) is 9.77. The Labute approximate surface area is 221 Å². The van der Waals surface area contributed by atoms with Crippen LogP contribution in [0.1, 0.15) is 62.4 Å². The van der Waals surface area contributed by atoms with Crippen LogP contribution in [0.4, 0.5) is 4.79 Å². The Bertz CT molecular complexity index is 1330.